The lowest BCUT2D eigenvalue weighted by Crippen LogP contribution is -2.32. The molecule has 0 saturated carbocycles. The van der Waals surface area contributed by atoms with Crippen LogP contribution < -0.4 is 9.64 Å². The van der Waals surface area contributed by atoms with E-state index in [1.807, 2.05) is 38.1 Å². The lowest BCUT2D eigenvalue weighted by Gasteiger charge is -2.30. The molecule has 22 heavy (non-hydrogen) atoms. The van der Waals surface area contributed by atoms with Gasteiger partial charge in [0.2, 0.25) is 0 Å². The Morgan fingerprint density at radius 2 is 2.18 bits per heavy atom. The molecule has 0 saturated heterocycles. The molecule has 0 radical (unpaired) electrons. The molecule has 1 aliphatic rings. The molecule has 0 unspecified atom stereocenters. The van der Waals surface area contributed by atoms with Crippen molar-refractivity contribution in [2.24, 2.45) is 0 Å². The Balaban J connectivity index is 1.88. The third-order valence-electron chi connectivity index (χ3n) is 3.67. The molecule has 0 spiro atoms. The highest BCUT2D eigenvalue weighted by molar-refractivity contribution is 5.85. The summed E-state index contributed by atoms with van der Waals surface area (Å²) in [5.41, 5.74) is 2.00. The Labute approximate surface area is 128 Å². The SMILES string of the molecule is CC(C)n1nc(CN2CCOc3ccccc32)cc1C(=O)O. The zero-order valence-electron chi connectivity index (χ0n) is 12.7. The highest BCUT2D eigenvalue weighted by Crippen LogP contribution is 2.31. The van der Waals surface area contributed by atoms with Crippen LogP contribution in [0.4, 0.5) is 5.69 Å². The summed E-state index contributed by atoms with van der Waals surface area (Å²) in [5, 5.41) is 13.7. The number of aromatic carboxylic acids is 1. The number of nitrogens with zero attached hydrogens (tertiary/aromatic N) is 3. The Morgan fingerprint density at radius 3 is 2.86 bits per heavy atom. The number of carboxylic acid groups (broad SMARTS) is 1. The fourth-order valence-corrected chi connectivity index (χ4v) is 2.66. The van der Waals surface area contributed by atoms with E-state index in [0.29, 0.717) is 13.2 Å². The highest BCUT2D eigenvalue weighted by atomic mass is 16.5. The third kappa shape index (κ3) is 2.64. The monoisotopic (exact) mass is 301 g/mol. The number of hydrogen-bond acceptors (Lipinski definition) is 4. The molecule has 0 bridgehead atoms. The molecule has 0 amide bonds. The quantitative estimate of drug-likeness (QED) is 0.940. The van der Waals surface area contributed by atoms with Gasteiger partial charge in [0.25, 0.3) is 0 Å². The van der Waals surface area contributed by atoms with Gasteiger partial charge < -0.3 is 14.7 Å². The van der Waals surface area contributed by atoms with Crippen LogP contribution in [-0.2, 0) is 6.54 Å². The van der Waals surface area contributed by atoms with E-state index in [1.165, 1.54) is 0 Å². The largest absolute Gasteiger partial charge is 0.490 e. The third-order valence-corrected chi connectivity index (χ3v) is 3.67. The van der Waals surface area contributed by atoms with Gasteiger partial charge in [0.15, 0.2) is 0 Å². The van der Waals surface area contributed by atoms with Crippen LogP contribution in [0.15, 0.2) is 30.3 Å². The molecule has 6 nitrogen and oxygen atoms in total. The Morgan fingerprint density at radius 1 is 1.41 bits per heavy atom. The average molecular weight is 301 g/mol. The number of anilines is 1. The normalized spacial score (nSPS) is 13.9. The summed E-state index contributed by atoms with van der Waals surface area (Å²) in [6, 6.07) is 9.52. The number of hydrogen-bond donors (Lipinski definition) is 1. The first-order chi connectivity index (χ1) is 10.6. The zero-order chi connectivity index (χ0) is 15.7. The second-order valence-electron chi connectivity index (χ2n) is 5.60. The van der Waals surface area contributed by atoms with Crippen molar-refractivity contribution in [2.75, 3.05) is 18.1 Å². The number of carboxylic acids is 1. The zero-order valence-corrected chi connectivity index (χ0v) is 12.7. The molecule has 6 heteroatoms. The number of benzene rings is 1. The lowest BCUT2D eigenvalue weighted by molar-refractivity contribution is 0.0681. The minimum atomic E-state index is -0.949. The molecule has 0 fully saturated rings. The first kappa shape index (κ1) is 14.4. The van der Waals surface area contributed by atoms with E-state index in [4.69, 9.17) is 4.74 Å². The lowest BCUT2D eigenvalue weighted by atomic mass is 10.2. The number of rotatable bonds is 4. The summed E-state index contributed by atoms with van der Waals surface area (Å²) in [7, 11) is 0. The summed E-state index contributed by atoms with van der Waals surface area (Å²) in [6.07, 6.45) is 0. The molecule has 0 aliphatic carbocycles. The van der Waals surface area contributed by atoms with Gasteiger partial charge in [-0.2, -0.15) is 5.10 Å². The van der Waals surface area contributed by atoms with E-state index in [0.717, 1.165) is 23.7 Å². The van der Waals surface area contributed by atoms with Crippen molar-refractivity contribution in [3.8, 4) is 5.75 Å². The topological polar surface area (TPSA) is 67.6 Å². The fraction of sp³-hybridized carbons (Fsp3) is 0.375. The summed E-state index contributed by atoms with van der Waals surface area (Å²) < 4.78 is 7.19. The highest BCUT2D eigenvalue weighted by Gasteiger charge is 2.21. The van der Waals surface area contributed by atoms with Gasteiger partial charge >= 0.3 is 5.97 Å². The molecule has 1 aromatic heterocycles. The molecule has 1 N–H and O–H groups in total. The minimum absolute atomic E-state index is 0.0109. The Bertz CT molecular complexity index is 694. The number of para-hydroxylation sites is 2. The van der Waals surface area contributed by atoms with Crippen molar-refractivity contribution in [2.45, 2.75) is 26.4 Å². The fourth-order valence-electron chi connectivity index (χ4n) is 2.66. The predicted molar refractivity (Wildman–Crippen MR) is 82.6 cm³/mol. The van der Waals surface area contributed by atoms with E-state index in [9.17, 15) is 9.90 Å². The van der Waals surface area contributed by atoms with Gasteiger partial charge in [-0.25, -0.2) is 4.79 Å². The molecule has 3 rings (SSSR count). The van der Waals surface area contributed by atoms with Gasteiger partial charge in [0.1, 0.15) is 18.1 Å². The number of aromatic nitrogens is 2. The van der Waals surface area contributed by atoms with Crippen molar-refractivity contribution in [3.63, 3.8) is 0 Å². The second kappa shape index (κ2) is 5.71. The summed E-state index contributed by atoms with van der Waals surface area (Å²) in [5.74, 6) is -0.0923. The summed E-state index contributed by atoms with van der Waals surface area (Å²) in [6.45, 7) is 5.79. The van der Waals surface area contributed by atoms with Crippen LogP contribution in [0.2, 0.25) is 0 Å². The van der Waals surface area contributed by atoms with Gasteiger partial charge in [-0.15, -0.1) is 0 Å². The van der Waals surface area contributed by atoms with Crippen molar-refractivity contribution in [3.05, 3.63) is 41.7 Å². The standard InChI is InChI=1S/C16H19N3O3/c1-11(2)19-14(16(20)21)9-12(17-19)10-18-7-8-22-15-6-4-3-5-13(15)18/h3-6,9,11H,7-8,10H2,1-2H3,(H,20,21). The van der Waals surface area contributed by atoms with E-state index < -0.39 is 5.97 Å². The van der Waals surface area contributed by atoms with Crippen LogP contribution in [0.5, 0.6) is 5.75 Å². The Kier molecular flexibility index (Phi) is 3.75. The van der Waals surface area contributed by atoms with Gasteiger partial charge in [-0.1, -0.05) is 12.1 Å². The van der Waals surface area contributed by atoms with Gasteiger partial charge in [0, 0.05) is 6.04 Å². The molecule has 2 aromatic rings. The molecule has 2 heterocycles. The molecule has 1 aromatic carbocycles. The average Bonchev–Trinajstić information content (AvgIpc) is 2.92. The first-order valence-corrected chi connectivity index (χ1v) is 7.34. The van der Waals surface area contributed by atoms with Crippen LogP contribution in [0.25, 0.3) is 0 Å². The maximum Gasteiger partial charge on any atom is 0.354 e. The van der Waals surface area contributed by atoms with E-state index in [-0.39, 0.29) is 11.7 Å². The van der Waals surface area contributed by atoms with Gasteiger partial charge in [0.05, 0.1) is 24.5 Å². The van der Waals surface area contributed by atoms with Crippen molar-refractivity contribution in [1.82, 2.24) is 9.78 Å². The van der Waals surface area contributed by atoms with Crippen molar-refractivity contribution in [1.29, 1.82) is 0 Å². The molecular formula is C16H19N3O3. The van der Waals surface area contributed by atoms with Crippen LogP contribution >= 0.6 is 0 Å². The Hall–Kier alpha value is -2.50. The minimum Gasteiger partial charge on any atom is -0.490 e. The van der Waals surface area contributed by atoms with Crippen LogP contribution in [0, 0.1) is 0 Å². The van der Waals surface area contributed by atoms with Gasteiger partial charge in [-0.05, 0) is 32.0 Å². The van der Waals surface area contributed by atoms with Crippen molar-refractivity contribution >= 4 is 11.7 Å². The van der Waals surface area contributed by atoms with E-state index >= 15 is 0 Å². The predicted octanol–water partition coefficient (Wildman–Crippen LogP) is 2.56. The second-order valence-corrected chi connectivity index (χ2v) is 5.60. The first-order valence-electron chi connectivity index (χ1n) is 7.34. The maximum atomic E-state index is 11.3. The maximum absolute atomic E-state index is 11.3. The van der Waals surface area contributed by atoms with E-state index in [1.54, 1.807) is 10.7 Å². The van der Waals surface area contributed by atoms with Crippen molar-refractivity contribution < 1.29 is 14.6 Å². The summed E-state index contributed by atoms with van der Waals surface area (Å²) >= 11 is 0. The number of fused-ring (bicyclic) bond motifs is 1. The van der Waals surface area contributed by atoms with Crippen LogP contribution in [0.1, 0.15) is 36.1 Å². The smallest absolute Gasteiger partial charge is 0.354 e. The molecule has 116 valence electrons. The van der Waals surface area contributed by atoms with Crippen LogP contribution in [0.3, 0.4) is 0 Å². The number of ether oxygens (including phenoxy) is 1. The summed E-state index contributed by atoms with van der Waals surface area (Å²) in [4.78, 5) is 13.5. The van der Waals surface area contributed by atoms with Gasteiger partial charge in [-0.3, -0.25) is 4.68 Å². The number of carbonyl (C=O) groups is 1. The molecule has 1 aliphatic heterocycles. The van der Waals surface area contributed by atoms with E-state index in [2.05, 4.69) is 10.00 Å². The molecular weight excluding hydrogens is 282 g/mol. The molecule has 0 atom stereocenters. The van der Waals surface area contributed by atoms with Crippen LogP contribution in [-0.4, -0.2) is 34.0 Å².